The minimum absolute atomic E-state index is 0.103. The summed E-state index contributed by atoms with van der Waals surface area (Å²) in [5.74, 6) is 0.248. The molecule has 3 rings (SSSR count). The van der Waals surface area contributed by atoms with Crippen LogP contribution < -0.4 is 10.5 Å². The second kappa shape index (κ2) is 6.71. The number of nitrogens with two attached hydrogens (primary N) is 1. The summed E-state index contributed by atoms with van der Waals surface area (Å²) in [6.45, 7) is 0. The van der Waals surface area contributed by atoms with Crippen LogP contribution in [0.1, 0.15) is 17.5 Å². The lowest BCUT2D eigenvalue weighted by molar-refractivity contribution is -0.152. The summed E-state index contributed by atoms with van der Waals surface area (Å²) in [5, 5.41) is 4.27. The van der Waals surface area contributed by atoms with Gasteiger partial charge in [-0.15, -0.1) is 0 Å². The van der Waals surface area contributed by atoms with Crippen molar-refractivity contribution in [2.75, 3.05) is 0 Å². The van der Waals surface area contributed by atoms with Gasteiger partial charge in [-0.1, -0.05) is 35.0 Å². The van der Waals surface area contributed by atoms with Crippen LogP contribution in [-0.2, 0) is 16.1 Å². The van der Waals surface area contributed by atoms with E-state index in [4.69, 9.17) is 26.9 Å². The quantitative estimate of drug-likeness (QED) is 0.406. The molecule has 0 amide bonds. The zero-order valence-electron chi connectivity index (χ0n) is 12.2. The van der Waals surface area contributed by atoms with E-state index >= 15 is 0 Å². The van der Waals surface area contributed by atoms with Gasteiger partial charge in [0, 0.05) is 10.6 Å². The van der Waals surface area contributed by atoms with E-state index in [1.807, 2.05) is 24.3 Å². The number of ether oxygens (including phenoxy) is 1. The number of nitrogens with zero attached hydrogens (tertiary/aromatic N) is 1. The van der Waals surface area contributed by atoms with Gasteiger partial charge in [-0.3, -0.25) is 0 Å². The lowest BCUT2D eigenvalue weighted by atomic mass is 10.0. The van der Waals surface area contributed by atoms with E-state index in [1.165, 1.54) is 0 Å². The van der Waals surface area contributed by atoms with Crippen LogP contribution in [0.5, 0.6) is 5.75 Å². The van der Waals surface area contributed by atoms with E-state index in [9.17, 15) is 4.79 Å². The Labute approximate surface area is 138 Å². The summed E-state index contributed by atoms with van der Waals surface area (Å²) in [5.41, 5.74) is 7.49. The molecule has 0 bridgehead atoms. The Balaban J connectivity index is 1.63. The van der Waals surface area contributed by atoms with Crippen LogP contribution >= 0.6 is 11.6 Å². The molecule has 2 aromatic carbocycles. The fourth-order valence-electron chi connectivity index (χ4n) is 2.32. The molecule has 5 nitrogen and oxygen atoms in total. The number of hydrogen-bond acceptors (Lipinski definition) is 4. The third kappa shape index (κ3) is 3.63. The molecular formula is C17H15ClN2O3. The Morgan fingerprint density at radius 2 is 1.96 bits per heavy atom. The molecule has 6 heteroatoms. The summed E-state index contributed by atoms with van der Waals surface area (Å²) in [7, 11) is 0. The summed E-state index contributed by atoms with van der Waals surface area (Å²) in [4.78, 5) is 17.0. The highest BCUT2D eigenvalue weighted by atomic mass is 35.5. The number of carbonyl (C=O) groups is 1. The first-order valence-electron chi connectivity index (χ1n) is 7.18. The van der Waals surface area contributed by atoms with Gasteiger partial charge in [0.1, 0.15) is 5.75 Å². The standard InChI is InChI=1S/C17H15ClN2O3/c18-13-8-5-12(6-9-13)16(19)20-23-17(21)15-10-7-11-3-1-2-4-14(11)22-15/h1-6,8-9,15H,7,10H2,(H2,19,20)/t15-/m1/s1. The number of halogens is 1. The van der Waals surface area contributed by atoms with Crippen LogP contribution in [0.4, 0.5) is 0 Å². The van der Waals surface area contributed by atoms with Crippen molar-refractivity contribution in [3.8, 4) is 5.75 Å². The number of fused-ring (bicyclic) bond motifs is 1. The van der Waals surface area contributed by atoms with Crippen LogP contribution in [0.15, 0.2) is 53.7 Å². The Kier molecular flexibility index (Phi) is 4.48. The molecule has 0 radical (unpaired) electrons. The molecule has 118 valence electrons. The number of carbonyl (C=O) groups excluding carboxylic acids is 1. The van der Waals surface area contributed by atoms with Crippen molar-refractivity contribution in [1.29, 1.82) is 0 Å². The van der Waals surface area contributed by atoms with Gasteiger partial charge in [0.25, 0.3) is 0 Å². The fraction of sp³-hybridized carbons (Fsp3) is 0.176. The summed E-state index contributed by atoms with van der Waals surface area (Å²) in [6, 6.07) is 14.4. The zero-order valence-corrected chi connectivity index (χ0v) is 13.0. The highest BCUT2D eigenvalue weighted by molar-refractivity contribution is 6.30. The minimum Gasteiger partial charge on any atom is -0.478 e. The van der Waals surface area contributed by atoms with Crippen LogP contribution in [0.25, 0.3) is 0 Å². The van der Waals surface area contributed by atoms with E-state index in [0.717, 1.165) is 12.0 Å². The van der Waals surface area contributed by atoms with Gasteiger partial charge in [-0.2, -0.15) is 0 Å². The van der Waals surface area contributed by atoms with E-state index in [1.54, 1.807) is 24.3 Å². The fourth-order valence-corrected chi connectivity index (χ4v) is 2.44. The van der Waals surface area contributed by atoms with Crippen LogP contribution in [-0.4, -0.2) is 17.9 Å². The summed E-state index contributed by atoms with van der Waals surface area (Å²) < 4.78 is 5.65. The normalized spacial score (nSPS) is 17.1. The molecule has 0 saturated heterocycles. The first-order valence-corrected chi connectivity index (χ1v) is 7.56. The van der Waals surface area contributed by atoms with Crippen LogP contribution in [0.2, 0.25) is 5.02 Å². The highest BCUT2D eigenvalue weighted by Crippen LogP contribution is 2.27. The summed E-state index contributed by atoms with van der Waals surface area (Å²) >= 11 is 5.80. The van der Waals surface area contributed by atoms with Gasteiger partial charge in [-0.25, -0.2) is 4.79 Å². The second-order valence-electron chi connectivity index (χ2n) is 5.15. The molecule has 0 aliphatic carbocycles. The van der Waals surface area contributed by atoms with Crippen LogP contribution in [0, 0.1) is 0 Å². The van der Waals surface area contributed by atoms with Crippen molar-refractivity contribution in [1.82, 2.24) is 0 Å². The van der Waals surface area contributed by atoms with Crippen molar-refractivity contribution in [2.24, 2.45) is 10.9 Å². The van der Waals surface area contributed by atoms with E-state index in [0.29, 0.717) is 22.8 Å². The Morgan fingerprint density at radius 3 is 2.74 bits per heavy atom. The molecule has 2 aromatic rings. The van der Waals surface area contributed by atoms with E-state index in [-0.39, 0.29) is 5.84 Å². The molecule has 0 spiro atoms. The molecule has 0 fully saturated rings. The van der Waals surface area contributed by atoms with Gasteiger partial charge < -0.3 is 15.3 Å². The maximum Gasteiger partial charge on any atom is 0.375 e. The van der Waals surface area contributed by atoms with Gasteiger partial charge in [0.05, 0.1) is 0 Å². The monoisotopic (exact) mass is 330 g/mol. The van der Waals surface area contributed by atoms with Crippen molar-refractivity contribution >= 4 is 23.4 Å². The molecule has 0 saturated carbocycles. The number of amidine groups is 1. The van der Waals surface area contributed by atoms with Gasteiger partial charge in [0.2, 0.25) is 0 Å². The minimum atomic E-state index is -0.674. The van der Waals surface area contributed by atoms with Gasteiger partial charge in [-0.05, 0) is 48.7 Å². The van der Waals surface area contributed by atoms with Crippen molar-refractivity contribution < 1.29 is 14.4 Å². The highest BCUT2D eigenvalue weighted by Gasteiger charge is 2.27. The maximum absolute atomic E-state index is 12.1. The number of hydrogen-bond donors (Lipinski definition) is 1. The number of oxime groups is 1. The molecule has 1 atom stereocenters. The number of para-hydroxylation sites is 1. The first kappa shape index (κ1) is 15.4. The predicted molar refractivity (Wildman–Crippen MR) is 87.4 cm³/mol. The topological polar surface area (TPSA) is 73.9 Å². The van der Waals surface area contributed by atoms with E-state index < -0.39 is 12.1 Å². The van der Waals surface area contributed by atoms with Crippen LogP contribution in [0.3, 0.4) is 0 Å². The Morgan fingerprint density at radius 1 is 1.22 bits per heavy atom. The molecule has 0 unspecified atom stereocenters. The molecule has 2 N–H and O–H groups in total. The average molecular weight is 331 g/mol. The lowest BCUT2D eigenvalue weighted by Crippen LogP contribution is -2.32. The SMILES string of the molecule is N/C(=N\OC(=O)[C@H]1CCc2ccccc2O1)c1ccc(Cl)cc1. The Hall–Kier alpha value is -2.53. The molecule has 1 heterocycles. The second-order valence-corrected chi connectivity index (χ2v) is 5.58. The third-order valence-corrected chi connectivity index (χ3v) is 3.81. The van der Waals surface area contributed by atoms with Crippen molar-refractivity contribution in [3.05, 3.63) is 64.7 Å². The van der Waals surface area contributed by atoms with Gasteiger partial charge in [0.15, 0.2) is 11.9 Å². The molecule has 1 aliphatic heterocycles. The number of rotatable bonds is 3. The molecular weight excluding hydrogens is 316 g/mol. The summed E-state index contributed by atoms with van der Waals surface area (Å²) in [6.07, 6.45) is 0.630. The predicted octanol–water partition coefficient (Wildman–Crippen LogP) is 2.90. The third-order valence-electron chi connectivity index (χ3n) is 3.55. The molecule has 1 aliphatic rings. The average Bonchev–Trinajstić information content (AvgIpc) is 2.59. The number of benzene rings is 2. The molecule has 0 aromatic heterocycles. The van der Waals surface area contributed by atoms with E-state index in [2.05, 4.69) is 5.16 Å². The largest absolute Gasteiger partial charge is 0.478 e. The number of aryl methyl sites for hydroxylation is 1. The Bertz CT molecular complexity index is 744. The van der Waals surface area contributed by atoms with Crippen molar-refractivity contribution in [3.63, 3.8) is 0 Å². The zero-order chi connectivity index (χ0) is 16.2. The van der Waals surface area contributed by atoms with Gasteiger partial charge >= 0.3 is 5.97 Å². The first-order chi connectivity index (χ1) is 11.1. The smallest absolute Gasteiger partial charge is 0.375 e. The van der Waals surface area contributed by atoms with Crippen molar-refractivity contribution in [2.45, 2.75) is 18.9 Å². The maximum atomic E-state index is 12.1. The lowest BCUT2D eigenvalue weighted by Gasteiger charge is -2.23. The molecule has 23 heavy (non-hydrogen) atoms.